The van der Waals surface area contributed by atoms with Crippen molar-refractivity contribution in [3.63, 3.8) is 0 Å². The summed E-state index contributed by atoms with van der Waals surface area (Å²) in [7, 11) is 0. The molecule has 1 N–H and O–H groups in total. The lowest BCUT2D eigenvalue weighted by Gasteiger charge is -2.15. The van der Waals surface area contributed by atoms with Crippen LogP contribution >= 0.6 is 23.2 Å². The zero-order valence-electron chi connectivity index (χ0n) is 19.1. The van der Waals surface area contributed by atoms with Crippen LogP contribution in [0.1, 0.15) is 29.2 Å². The maximum atomic E-state index is 12.7. The molecule has 0 fully saturated rings. The van der Waals surface area contributed by atoms with E-state index < -0.39 is 5.91 Å². The second-order valence-electron chi connectivity index (χ2n) is 7.36. The highest BCUT2D eigenvalue weighted by Gasteiger charge is 2.16. The zero-order chi connectivity index (χ0) is 25.4. The molecule has 0 aliphatic carbocycles. The van der Waals surface area contributed by atoms with Gasteiger partial charge in [0.05, 0.1) is 23.3 Å². The normalized spacial score (nSPS) is 10.7. The summed E-state index contributed by atoms with van der Waals surface area (Å²) in [4.78, 5) is 12.7. The van der Waals surface area contributed by atoms with Crippen LogP contribution in [0.25, 0.3) is 6.08 Å². The number of halogens is 2. The highest BCUT2D eigenvalue weighted by atomic mass is 35.5. The fourth-order valence-corrected chi connectivity index (χ4v) is 3.68. The lowest BCUT2D eigenvalue weighted by molar-refractivity contribution is -0.112. The van der Waals surface area contributed by atoms with Crippen LogP contribution in [0.3, 0.4) is 0 Å². The largest absolute Gasteiger partial charge is 0.490 e. The van der Waals surface area contributed by atoms with Gasteiger partial charge in [-0.1, -0.05) is 47.5 Å². The van der Waals surface area contributed by atoms with Crippen molar-refractivity contribution in [2.75, 3.05) is 11.9 Å². The Balaban J connectivity index is 1.88. The topological polar surface area (TPSA) is 95.1 Å². The van der Waals surface area contributed by atoms with E-state index in [9.17, 15) is 15.3 Å². The summed E-state index contributed by atoms with van der Waals surface area (Å²) in [6, 6.07) is 19.5. The summed E-state index contributed by atoms with van der Waals surface area (Å²) in [6.45, 7) is 4.04. The molecule has 3 aromatic carbocycles. The molecule has 0 bridgehead atoms. The van der Waals surface area contributed by atoms with E-state index in [4.69, 9.17) is 32.7 Å². The molecule has 0 atom stereocenters. The summed E-state index contributed by atoms with van der Waals surface area (Å²) < 4.78 is 11.6. The van der Waals surface area contributed by atoms with Gasteiger partial charge in [0, 0.05) is 16.3 Å². The number of nitrogens with zero attached hydrogens (tertiary/aromatic N) is 2. The van der Waals surface area contributed by atoms with Gasteiger partial charge < -0.3 is 14.8 Å². The molecule has 0 radical (unpaired) electrons. The molecule has 8 heteroatoms. The van der Waals surface area contributed by atoms with E-state index in [-0.39, 0.29) is 17.2 Å². The number of carbonyl (C=O) groups excluding carboxylic acids is 1. The maximum absolute atomic E-state index is 12.7. The monoisotopic (exact) mass is 505 g/mol. The molecule has 0 heterocycles. The lowest BCUT2D eigenvalue weighted by Crippen LogP contribution is -2.14. The fraction of sp³-hybridized carbons (Fsp3) is 0.148. The average molecular weight is 506 g/mol. The number of anilines is 1. The van der Waals surface area contributed by atoms with E-state index >= 15 is 0 Å². The summed E-state index contributed by atoms with van der Waals surface area (Å²) in [5, 5.41) is 22.3. The Kier molecular flexibility index (Phi) is 8.75. The van der Waals surface area contributed by atoms with Gasteiger partial charge in [-0.15, -0.1) is 0 Å². The molecule has 0 spiro atoms. The Bertz CT molecular complexity index is 1370. The van der Waals surface area contributed by atoms with Crippen molar-refractivity contribution in [3.05, 3.63) is 92.5 Å². The second kappa shape index (κ2) is 11.9. The number of carbonyl (C=O) groups is 1. The first kappa shape index (κ1) is 25.6. The Morgan fingerprint density at radius 1 is 1.06 bits per heavy atom. The third-order valence-corrected chi connectivity index (χ3v) is 5.72. The van der Waals surface area contributed by atoms with Crippen molar-refractivity contribution in [3.8, 4) is 23.6 Å². The average Bonchev–Trinajstić information content (AvgIpc) is 2.85. The molecule has 3 rings (SSSR count). The highest BCUT2D eigenvalue weighted by molar-refractivity contribution is 6.32. The molecule has 0 aliphatic heterocycles. The van der Waals surface area contributed by atoms with E-state index in [0.717, 1.165) is 0 Å². The maximum Gasteiger partial charge on any atom is 0.266 e. The van der Waals surface area contributed by atoms with Crippen LogP contribution in [0.2, 0.25) is 10.0 Å². The predicted molar refractivity (Wildman–Crippen MR) is 137 cm³/mol. The number of benzene rings is 3. The summed E-state index contributed by atoms with van der Waals surface area (Å²) in [5.41, 5.74) is 2.77. The molecular weight excluding hydrogens is 485 g/mol. The minimum atomic E-state index is -0.583. The minimum absolute atomic E-state index is 0.115. The van der Waals surface area contributed by atoms with Crippen LogP contribution < -0.4 is 14.8 Å². The first-order valence-electron chi connectivity index (χ1n) is 10.6. The molecule has 176 valence electrons. The number of nitrogens with one attached hydrogen (secondary N) is 1. The third-order valence-electron chi connectivity index (χ3n) is 5.03. The van der Waals surface area contributed by atoms with Gasteiger partial charge in [-0.3, -0.25) is 4.79 Å². The number of hydrogen-bond donors (Lipinski definition) is 1. The highest BCUT2D eigenvalue weighted by Crippen LogP contribution is 2.38. The van der Waals surface area contributed by atoms with Crippen LogP contribution in [-0.4, -0.2) is 12.5 Å². The van der Waals surface area contributed by atoms with Gasteiger partial charge in [-0.25, -0.2) is 0 Å². The van der Waals surface area contributed by atoms with E-state index in [1.54, 1.807) is 55.5 Å². The van der Waals surface area contributed by atoms with Crippen molar-refractivity contribution < 1.29 is 14.3 Å². The van der Waals surface area contributed by atoms with Gasteiger partial charge in [0.1, 0.15) is 18.2 Å². The summed E-state index contributed by atoms with van der Waals surface area (Å²) in [5.74, 6) is 0.0698. The standard InChI is InChI=1S/C27H21Cl2N3O3/c1-3-34-25-13-18(11-21(15-31)27(33)32-24-10-6-9-22(28)17(24)2)12-23(29)26(25)35-16-20-8-5-4-7-19(20)14-30/h4-13H,3,16H2,1-2H3,(H,32,33)/b21-11+. The Hall–Kier alpha value is -3.97. The van der Waals surface area contributed by atoms with Crippen LogP contribution in [0, 0.1) is 29.6 Å². The number of nitriles is 2. The smallest absolute Gasteiger partial charge is 0.266 e. The van der Waals surface area contributed by atoms with Gasteiger partial charge >= 0.3 is 0 Å². The number of hydrogen-bond acceptors (Lipinski definition) is 5. The van der Waals surface area contributed by atoms with Gasteiger partial charge in [0.15, 0.2) is 11.5 Å². The molecule has 0 aliphatic rings. The van der Waals surface area contributed by atoms with Crippen molar-refractivity contribution in [2.24, 2.45) is 0 Å². The van der Waals surface area contributed by atoms with Crippen LogP contribution in [0.4, 0.5) is 5.69 Å². The van der Waals surface area contributed by atoms with Crippen molar-refractivity contribution in [1.29, 1.82) is 10.5 Å². The predicted octanol–water partition coefficient (Wildman–Crippen LogP) is 6.70. The van der Waals surface area contributed by atoms with Crippen molar-refractivity contribution >= 4 is 40.9 Å². The van der Waals surface area contributed by atoms with Crippen molar-refractivity contribution in [2.45, 2.75) is 20.5 Å². The third kappa shape index (κ3) is 6.33. The van der Waals surface area contributed by atoms with Crippen LogP contribution in [0.5, 0.6) is 11.5 Å². The Morgan fingerprint density at radius 3 is 2.54 bits per heavy atom. The molecule has 35 heavy (non-hydrogen) atoms. The molecule has 0 aromatic heterocycles. The second-order valence-corrected chi connectivity index (χ2v) is 8.17. The van der Waals surface area contributed by atoms with E-state index in [1.165, 1.54) is 6.08 Å². The summed E-state index contributed by atoms with van der Waals surface area (Å²) >= 11 is 12.6. The van der Waals surface area contributed by atoms with Gasteiger partial charge in [-0.2, -0.15) is 10.5 Å². The van der Waals surface area contributed by atoms with Crippen molar-refractivity contribution in [1.82, 2.24) is 0 Å². The molecule has 6 nitrogen and oxygen atoms in total. The first-order valence-corrected chi connectivity index (χ1v) is 11.4. The first-order chi connectivity index (χ1) is 16.9. The Labute approximate surface area is 213 Å². The SMILES string of the molecule is CCOc1cc(/C=C(\C#N)C(=O)Nc2cccc(Cl)c2C)cc(Cl)c1OCc1ccccc1C#N. The molecular formula is C27H21Cl2N3O3. The van der Waals surface area contributed by atoms with E-state index in [0.29, 0.717) is 51.1 Å². The van der Waals surface area contributed by atoms with Gasteiger partial charge in [0.25, 0.3) is 5.91 Å². The summed E-state index contributed by atoms with van der Waals surface area (Å²) in [6.07, 6.45) is 1.42. The van der Waals surface area contributed by atoms with E-state index in [2.05, 4.69) is 11.4 Å². The molecule has 1 amide bonds. The molecule has 0 saturated heterocycles. The Morgan fingerprint density at radius 2 is 1.83 bits per heavy atom. The quantitative estimate of drug-likeness (QED) is 0.271. The molecule has 0 saturated carbocycles. The molecule has 3 aromatic rings. The molecule has 0 unspecified atom stereocenters. The van der Waals surface area contributed by atoms with Crippen LogP contribution in [-0.2, 0) is 11.4 Å². The zero-order valence-corrected chi connectivity index (χ0v) is 20.6. The van der Waals surface area contributed by atoms with Gasteiger partial charge in [-0.05, 0) is 61.4 Å². The number of amides is 1. The van der Waals surface area contributed by atoms with Gasteiger partial charge in [0.2, 0.25) is 0 Å². The number of ether oxygens (including phenoxy) is 2. The fourth-order valence-electron chi connectivity index (χ4n) is 3.23. The number of rotatable bonds is 8. The van der Waals surface area contributed by atoms with E-state index in [1.807, 2.05) is 19.1 Å². The lowest BCUT2D eigenvalue weighted by atomic mass is 10.1. The van der Waals surface area contributed by atoms with Crippen LogP contribution in [0.15, 0.2) is 60.2 Å². The minimum Gasteiger partial charge on any atom is -0.490 e.